The topological polar surface area (TPSA) is 29.5 Å². The number of quaternary nitrogens is 1. The maximum atomic E-state index is 10.9. The Morgan fingerprint density at radius 2 is 1.36 bits per heavy atom. The highest BCUT2D eigenvalue weighted by Crippen LogP contribution is 2.40. The average Bonchev–Trinajstić information content (AvgIpc) is 2.53. The number of benzene rings is 1. The van der Waals surface area contributed by atoms with Gasteiger partial charge in [-0.3, -0.25) is 0 Å². The Kier molecular flexibility index (Phi) is 9.02. The molecule has 0 aliphatic rings. The molecule has 0 radical (unpaired) electrons. The summed E-state index contributed by atoms with van der Waals surface area (Å²) in [6.07, 6.45) is 6.35. The minimum absolute atomic E-state index is 0.0910. The van der Waals surface area contributed by atoms with Gasteiger partial charge < -0.3 is 14.3 Å². The minimum atomic E-state index is -0.0910. The van der Waals surface area contributed by atoms with Gasteiger partial charge in [0, 0.05) is 16.7 Å². The number of rotatable bonds is 10. The molecule has 0 aromatic heterocycles. The average molecular weight is 393 g/mol. The molecule has 0 fully saturated rings. The predicted octanol–water partition coefficient (Wildman–Crippen LogP) is 6.51. The molecule has 0 amide bonds. The Labute approximate surface area is 174 Å². The van der Waals surface area contributed by atoms with Crippen molar-refractivity contribution in [3.05, 3.63) is 28.8 Å². The lowest BCUT2D eigenvalue weighted by Crippen LogP contribution is -2.41. The third kappa shape index (κ3) is 8.13. The first-order valence-electron chi connectivity index (χ1n) is 11.0. The lowest BCUT2D eigenvalue weighted by molar-refractivity contribution is -0.922. The standard InChI is InChI=1S/C25H45NO2/c1-10-11-12-13-14-15-28-19-26(8,9)18-20-16-21(24(2,3)4)23(27)22(17-20)25(5,6)7/h16-17H,10-15,18-19H2,1-9H3/p+1. The molecule has 0 unspecified atom stereocenters. The molecule has 0 saturated carbocycles. The van der Waals surface area contributed by atoms with Crippen molar-refractivity contribution in [1.29, 1.82) is 0 Å². The van der Waals surface area contributed by atoms with Crippen LogP contribution in [-0.2, 0) is 22.1 Å². The molecule has 1 aromatic carbocycles. The molecule has 0 atom stereocenters. The molecule has 3 nitrogen and oxygen atoms in total. The molecular weight excluding hydrogens is 346 g/mol. The smallest absolute Gasteiger partial charge is 0.182 e. The van der Waals surface area contributed by atoms with Crippen LogP contribution in [0.3, 0.4) is 0 Å². The maximum Gasteiger partial charge on any atom is 0.182 e. The van der Waals surface area contributed by atoms with Gasteiger partial charge in [-0.05, 0) is 29.4 Å². The highest BCUT2D eigenvalue weighted by Gasteiger charge is 2.28. The fourth-order valence-corrected chi connectivity index (χ4v) is 3.59. The lowest BCUT2D eigenvalue weighted by atomic mass is 9.78. The summed E-state index contributed by atoms with van der Waals surface area (Å²) in [6, 6.07) is 4.38. The van der Waals surface area contributed by atoms with Crippen molar-refractivity contribution < 1.29 is 14.3 Å². The first-order valence-corrected chi connectivity index (χ1v) is 11.0. The molecule has 1 N–H and O–H groups in total. The lowest BCUT2D eigenvalue weighted by Gasteiger charge is -2.32. The number of unbranched alkanes of at least 4 members (excludes halogenated alkanes) is 4. The molecule has 162 valence electrons. The molecule has 0 spiro atoms. The van der Waals surface area contributed by atoms with Crippen LogP contribution < -0.4 is 0 Å². The number of ether oxygens (including phenoxy) is 1. The quantitative estimate of drug-likeness (QED) is 0.279. The van der Waals surface area contributed by atoms with Gasteiger partial charge in [0.1, 0.15) is 12.3 Å². The fraction of sp³-hybridized carbons (Fsp3) is 0.760. The van der Waals surface area contributed by atoms with E-state index in [0.29, 0.717) is 12.5 Å². The van der Waals surface area contributed by atoms with Crippen LogP contribution in [0, 0.1) is 0 Å². The highest BCUT2D eigenvalue weighted by molar-refractivity contribution is 5.49. The number of nitrogens with zero attached hydrogens (tertiary/aromatic N) is 1. The van der Waals surface area contributed by atoms with Crippen molar-refractivity contribution in [1.82, 2.24) is 0 Å². The van der Waals surface area contributed by atoms with Crippen LogP contribution in [0.25, 0.3) is 0 Å². The third-order valence-electron chi connectivity index (χ3n) is 5.23. The van der Waals surface area contributed by atoms with E-state index in [0.717, 1.165) is 35.2 Å². The van der Waals surface area contributed by atoms with E-state index in [2.05, 4.69) is 74.7 Å². The van der Waals surface area contributed by atoms with Gasteiger partial charge in [0.25, 0.3) is 0 Å². The predicted molar refractivity (Wildman–Crippen MR) is 121 cm³/mol. The first kappa shape index (κ1) is 25.0. The van der Waals surface area contributed by atoms with E-state index >= 15 is 0 Å². The van der Waals surface area contributed by atoms with Gasteiger partial charge in [-0.15, -0.1) is 0 Å². The number of hydrogen-bond donors (Lipinski definition) is 1. The van der Waals surface area contributed by atoms with Gasteiger partial charge in [-0.25, -0.2) is 0 Å². The van der Waals surface area contributed by atoms with E-state index in [-0.39, 0.29) is 10.8 Å². The summed E-state index contributed by atoms with van der Waals surface area (Å²) in [4.78, 5) is 0. The number of phenolic OH excluding ortho intramolecular Hbond substituents is 1. The van der Waals surface area contributed by atoms with Gasteiger partial charge in [-0.2, -0.15) is 0 Å². The second kappa shape index (κ2) is 10.1. The largest absolute Gasteiger partial charge is 0.507 e. The Morgan fingerprint density at radius 3 is 1.82 bits per heavy atom. The summed E-state index contributed by atoms with van der Waals surface area (Å²) in [5, 5.41) is 10.9. The van der Waals surface area contributed by atoms with Crippen LogP contribution >= 0.6 is 0 Å². The van der Waals surface area contributed by atoms with Crippen LogP contribution in [0.4, 0.5) is 0 Å². The molecule has 0 bridgehead atoms. The van der Waals surface area contributed by atoms with Gasteiger partial charge in [0.15, 0.2) is 6.73 Å². The third-order valence-corrected chi connectivity index (χ3v) is 5.23. The summed E-state index contributed by atoms with van der Waals surface area (Å²) >= 11 is 0. The molecule has 0 saturated heterocycles. The molecule has 0 aliphatic carbocycles. The molecule has 1 rings (SSSR count). The zero-order valence-corrected chi connectivity index (χ0v) is 20.1. The monoisotopic (exact) mass is 392 g/mol. The summed E-state index contributed by atoms with van der Waals surface area (Å²) in [6.45, 7) is 17.7. The maximum absolute atomic E-state index is 10.9. The minimum Gasteiger partial charge on any atom is -0.507 e. The van der Waals surface area contributed by atoms with Crippen molar-refractivity contribution in [3.63, 3.8) is 0 Å². The summed E-state index contributed by atoms with van der Waals surface area (Å²) in [7, 11) is 4.44. The second-order valence-corrected chi connectivity index (χ2v) is 11.1. The van der Waals surface area contributed by atoms with Crippen molar-refractivity contribution in [2.75, 3.05) is 27.4 Å². The highest BCUT2D eigenvalue weighted by atomic mass is 16.5. The molecular formula is C25H46NO2+. The first-order chi connectivity index (χ1) is 12.8. The summed E-state index contributed by atoms with van der Waals surface area (Å²) in [5.74, 6) is 0.456. The Bertz CT molecular complexity index is 571. The molecule has 0 heterocycles. The molecule has 0 aliphatic heterocycles. The Morgan fingerprint density at radius 1 is 0.857 bits per heavy atom. The zero-order chi connectivity index (χ0) is 21.6. The van der Waals surface area contributed by atoms with E-state index in [4.69, 9.17) is 4.74 Å². The molecule has 3 heteroatoms. The van der Waals surface area contributed by atoms with E-state index in [1.807, 2.05) is 0 Å². The van der Waals surface area contributed by atoms with Gasteiger partial charge in [0.2, 0.25) is 0 Å². The molecule has 1 aromatic rings. The Balaban J connectivity index is 2.86. The zero-order valence-electron chi connectivity index (χ0n) is 20.1. The SMILES string of the molecule is CCCCCCCOC[N+](C)(C)Cc1cc(C(C)(C)C)c(O)c(C(C)(C)C)c1. The van der Waals surface area contributed by atoms with Gasteiger partial charge in [-0.1, -0.05) is 74.1 Å². The van der Waals surface area contributed by atoms with Crippen molar-refractivity contribution in [2.45, 2.75) is 97.9 Å². The normalized spacial score (nSPS) is 13.2. The number of hydrogen-bond acceptors (Lipinski definition) is 2. The fourth-order valence-electron chi connectivity index (χ4n) is 3.59. The van der Waals surface area contributed by atoms with Crippen LogP contribution in [0.1, 0.15) is 97.3 Å². The van der Waals surface area contributed by atoms with E-state index < -0.39 is 0 Å². The second-order valence-electron chi connectivity index (χ2n) is 11.1. The molecule has 28 heavy (non-hydrogen) atoms. The summed E-state index contributed by atoms with van der Waals surface area (Å²) < 4.78 is 6.78. The van der Waals surface area contributed by atoms with E-state index in [9.17, 15) is 5.11 Å². The number of phenols is 1. The number of aromatic hydroxyl groups is 1. The van der Waals surface area contributed by atoms with E-state index in [1.165, 1.54) is 31.2 Å². The van der Waals surface area contributed by atoms with Crippen molar-refractivity contribution in [2.24, 2.45) is 0 Å². The van der Waals surface area contributed by atoms with Gasteiger partial charge in [0.05, 0.1) is 20.7 Å². The summed E-state index contributed by atoms with van der Waals surface area (Å²) in [5.41, 5.74) is 3.15. The van der Waals surface area contributed by atoms with Crippen LogP contribution in [-0.4, -0.2) is 37.0 Å². The van der Waals surface area contributed by atoms with Crippen molar-refractivity contribution in [3.8, 4) is 5.75 Å². The van der Waals surface area contributed by atoms with Crippen LogP contribution in [0.2, 0.25) is 0 Å². The van der Waals surface area contributed by atoms with E-state index in [1.54, 1.807) is 0 Å². The van der Waals surface area contributed by atoms with Crippen LogP contribution in [0.15, 0.2) is 12.1 Å². The Hall–Kier alpha value is -1.06. The van der Waals surface area contributed by atoms with Crippen molar-refractivity contribution >= 4 is 0 Å². The van der Waals surface area contributed by atoms with Crippen LogP contribution in [0.5, 0.6) is 5.75 Å². The van der Waals surface area contributed by atoms with Gasteiger partial charge >= 0.3 is 0 Å².